The molecule has 0 saturated carbocycles. The van der Waals surface area contributed by atoms with E-state index in [0.29, 0.717) is 30.6 Å². The van der Waals surface area contributed by atoms with Gasteiger partial charge in [0.15, 0.2) is 0 Å². The average Bonchev–Trinajstić information content (AvgIpc) is 3.26. The maximum Gasteiger partial charge on any atom is 0.416 e. The first-order valence-corrected chi connectivity index (χ1v) is 8.91. The average molecular weight is 417 g/mol. The molecule has 0 spiro atoms. The lowest BCUT2D eigenvalue weighted by Crippen LogP contribution is -2.35. The molecule has 2 heterocycles. The van der Waals surface area contributed by atoms with Crippen molar-refractivity contribution in [3.63, 3.8) is 0 Å². The normalized spacial score (nSPS) is 13.8. The van der Waals surface area contributed by atoms with Gasteiger partial charge in [0.25, 0.3) is 11.6 Å². The third-order valence-corrected chi connectivity index (χ3v) is 4.86. The van der Waals surface area contributed by atoms with Crippen LogP contribution in [0.15, 0.2) is 49.1 Å². The van der Waals surface area contributed by atoms with E-state index in [2.05, 4.69) is 10.1 Å². The summed E-state index contributed by atoms with van der Waals surface area (Å²) < 4.78 is 40.2. The van der Waals surface area contributed by atoms with Crippen molar-refractivity contribution in [2.45, 2.75) is 19.0 Å². The molecule has 1 amide bonds. The Balaban J connectivity index is 1.71. The molecule has 8 nitrogen and oxygen atoms in total. The van der Waals surface area contributed by atoms with Crippen molar-refractivity contribution < 1.29 is 22.9 Å². The Hall–Kier alpha value is -3.76. The first-order chi connectivity index (χ1) is 14.3. The van der Waals surface area contributed by atoms with Gasteiger partial charge in [-0.3, -0.25) is 14.9 Å². The molecule has 1 aromatic heterocycles. The summed E-state index contributed by atoms with van der Waals surface area (Å²) in [5.74, 6) is -0.524. The van der Waals surface area contributed by atoms with Crippen LogP contribution in [0.1, 0.15) is 27.9 Å². The van der Waals surface area contributed by atoms with Crippen molar-refractivity contribution in [3.8, 4) is 5.69 Å². The summed E-state index contributed by atoms with van der Waals surface area (Å²) in [6.45, 7) is 0.301. The van der Waals surface area contributed by atoms with E-state index in [1.54, 1.807) is 0 Å². The van der Waals surface area contributed by atoms with Crippen LogP contribution in [0.25, 0.3) is 5.69 Å². The van der Waals surface area contributed by atoms with Gasteiger partial charge in [0.05, 0.1) is 10.5 Å². The van der Waals surface area contributed by atoms with Crippen molar-refractivity contribution in [2.75, 3.05) is 11.4 Å². The number of nitrogens with zero attached hydrogens (tertiary/aromatic N) is 5. The van der Waals surface area contributed by atoms with Gasteiger partial charge in [0.2, 0.25) is 0 Å². The maximum atomic E-state index is 13.1. The maximum absolute atomic E-state index is 13.1. The number of aryl methyl sites for hydroxylation is 1. The summed E-state index contributed by atoms with van der Waals surface area (Å²) in [6.07, 6.45) is -1.06. The Morgan fingerprint density at radius 3 is 2.57 bits per heavy atom. The molecule has 30 heavy (non-hydrogen) atoms. The van der Waals surface area contributed by atoms with Crippen LogP contribution in [0, 0.1) is 10.1 Å². The molecule has 0 saturated heterocycles. The van der Waals surface area contributed by atoms with E-state index < -0.39 is 22.6 Å². The summed E-state index contributed by atoms with van der Waals surface area (Å²) in [6, 6.07) is 7.19. The smallest absolute Gasteiger partial charge is 0.308 e. The highest BCUT2D eigenvalue weighted by Crippen LogP contribution is 2.36. The SMILES string of the molecule is O=C(c1ccc(-n2cncn2)c([N+](=O)[O-])c1)N1CCCc2cc(C(F)(F)F)ccc21. The number of nitro groups is 1. The second-order valence-electron chi connectivity index (χ2n) is 6.70. The summed E-state index contributed by atoms with van der Waals surface area (Å²) in [7, 11) is 0. The molecular weight excluding hydrogens is 403 g/mol. The van der Waals surface area contributed by atoms with Crippen LogP contribution in [0.3, 0.4) is 0 Å². The number of amides is 1. The molecule has 4 rings (SSSR count). The van der Waals surface area contributed by atoms with Crippen LogP contribution in [-0.2, 0) is 12.6 Å². The molecule has 154 valence electrons. The molecule has 0 unspecified atom stereocenters. The third-order valence-electron chi connectivity index (χ3n) is 4.86. The van der Waals surface area contributed by atoms with Gasteiger partial charge in [-0.15, -0.1) is 0 Å². The molecule has 11 heteroatoms. The summed E-state index contributed by atoms with van der Waals surface area (Å²) >= 11 is 0. The summed E-state index contributed by atoms with van der Waals surface area (Å²) in [4.78, 5) is 29.1. The number of hydrogen-bond donors (Lipinski definition) is 0. The number of halogens is 3. The van der Waals surface area contributed by atoms with Crippen molar-refractivity contribution in [3.05, 3.63) is 75.9 Å². The van der Waals surface area contributed by atoms with E-state index in [1.165, 1.54) is 40.4 Å². The van der Waals surface area contributed by atoms with Crippen LogP contribution in [0.5, 0.6) is 0 Å². The van der Waals surface area contributed by atoms with Gasteiger partial charge in [-0.2, -0.15) is 18.3 Å². The molecule has 0 radical (unpaired) electrons. The van der Waals surface area contributed by atoms with Gasteiger partial charge in [-0.05, 0) is 48.7 Å². The Morgan fingerprint density at radius 1 is 1.13 bits per heavy atom. The highest BCUT2D eigenvalue weighted by molar-refractivity contribution is 6.07. The monoisotopic (exact) mass is 417 g/mol. The second-order valence-corrected chi connectivity index (χ2v) is 6.70. The molecule has 1 aliphatic heterocycles. The molecule has 0 aliphatic carbocycles. The molecule has 0 fully saturated rings. The minimum absolute atomic E-state index is 0.0540. The number of rotatable bonds is 3. The van der Waals surface area contributed by atoms with Crippen molar-refractivity contribution in [1.82, 2.24) is 14.8 Å². The number of anilines is 1. The summed E-state index contributed by atoms with van der Waals surface area (Å²) in [5, 5.41) is 15.4. The predicted molar refractivity (Wildman–Crippen MR) is 99.5 cm³/mol. The highest BCUT2D eigenvalue weighted by atomic mass is 19.4. The fourth-order valence-corrected chi connectivity index (χ4v) is 3.47. The van der Waals surface area contributed by atoms with Gasteiger partial charge < -0.3 is 4.90 Å². The predicted octanol–water partition coefficient (Wildman–Crippen LogP) is 3.79. The first-order valence-electron chi connectivity index (χ1n) is 8.91. The zero-order valence-electron chi connectivity index (χ0n) is 15.3. The number of alkyl halides is 3. The van der Waals surface area contributed by atoms with Crippen molar-refractivity contribution in [2.24, 2.45) is 0 Å². The zero-order chi connectivity index (χ0) is 21.5. The molecule has 0 N–H and O–H groups in total. The lowest BCUT2D eigenvalue weighted by molar-refractivity contribution is -0.384. The molecule has 0 atom stereocenters. The Morgan fingerprint density at radius 2 is 1.90 bits per heavy atom. The zero-order valence-corrected chi connectivity index (χ0v) is 15.3. The largest absolute Gasteiger partial charge is 0.416 e. The lowest BCUT2D eigenvalue weighted by Gasteiger charge is -2.30. The van der Waals surface area contributed by atoms with E-state index in [9.17, 15) is 28.1 Å². The quantitative estimate of drug-likeness (QED) is 0.477. The van der Waals surface area contributed by atoms with Gasteiger partial charge in [0.1, 0.15) is 18.3 Å². The Bertz CT molecular complexity index is 1130. The topological polar surface area (TPSA) is 94.2 Å². The number of nitro benzene ring substituents is 1. The third kappa shape index (κ3) is 3.49. The van der Waals surface area contributed by atoms with E-state index in [0.717, 1.165) is 18.2 Å². The number of carbonyl (C=O) groups excluding carboxylic acids is 1. The second kappa shape index (κ2) is 7.25. The van der Waals surface area contributed by atoms with Gasteiger partial charge in [0, 0.05) is 23.9 Å². The van der Waals surface area contributed by atoms with Crippen molar-refractivity contribution >= 4 is 17.3 Å². The molecule has 2 aromatic carbocycles. The van der Waals surface area contributed by atoms with Crippen molar-refractivity contribution in [1.29, 1.82) is 0 Å². The minimum atomic E-state index is -4.47. The molecule has 1 aliphatic rings. The molecule has 3 aromatic rings. The van der Waals surface area contributed by atoms with E-state index >= 15 is 0 Å². The van der Waals surface area contributed by atoms with Gasteiger partial charge in [-0.1, -0.05) is 0 Å². The minimum Gasteiger partial charge on any atom is -0.308 e. The van der Waals surface area contributed by atoms with Gasteiger partial charge >= 0.3 is 6.18 Å². The van der Waals surface area contributed by atoms with Crippen LogP contribution in [0.4, 0.5) is 24.5 Å². The number of benzene rings is 2. The van der Waals surface area contributed by atoms with E-state index in [4.69, 9.17) is 0 Å². The van der Waals surface area contributed by atoms with E-state index in [1.807, 2.05) is 0 Å². The molecular formula is C19H14F3N5O3. The first kappa shape index (κ1) is 19.6. The Labute approximate surface area is 167 Å². The number of aromatic nitrogens is 3. The van der Waals surface area contributed by atoms with Crippen LogP contribution < -0.4 is 4.90 Å². The fourth-order valence-electron chi connectivity index (χ4n) is 3.47. The highest BCUT2D eigenvalue weighted by Gasteiger charge is 2.33. The number of carbonyl (C=O) groups is 1. The lowest BCUT2D eigenvalue weighted by atomic mass is 9.98. The van der Waals surface area contributed by atoms with Crippen LogP contribution >= 0.6 is 0 Å². The summed E-state index contributed by atoms with van der Waals surface area (Å²) in [5.41, 5.74) is -0.124. The van der Waals surface area contributed by atoms with Gasteiger partial charge in [-0.25, -0.2) is 9.67 Å². The van der Waals surface area contributed by atoms with E-state index in [-0.39, 0.29) is 16.9 Å². The van der Waals surface area contributed by atoms with Crippen LogP contribution in [-0.4, -0.2) is 32.1 Å². The number of fused-ring (bicyclic) bond motifs is 1. The standard InChI is InChI=1S/C19H14F3N5O3/c20-19(21,22)14-4-6-15-12(8-14)2-1-7-25(15)18(28)13-3-5-16(17(9-13)27(29)30)26-11-23-10-24-26/h3-6,8-11H,1-2,7H2. The Kier molecular flexibility index (Phi) is 4.72. The fraction of sp³-hybridized carbons (Fsp3) is 0.211. The number of hydrogen-bond acceptors (Lipinski definition) is 5. The van der Waals surface area contributed by atoms with Crippen LogP contribution in [0.2, 0.25) is 0 Å². The molecule has 0 bridgehead atoms.